The Morgan fingerprint density at radius 3 is 3.00 bits per heavy atom. The third-order valence-electron chi connectivity index (χ3n) is 3.09. The van der Waals surface area contributed by atoms with E-state index in [0.29, 0.717) is 6.04 Å². The van der Waals surface area contributed by atoms with Crippen molar-refractivity contribution >= 4 is 21.6 Å². The quantitative estimate of drug-likeness (QED) is 0.686. The van der Waals surface area contributed by atoms with Gasteiger partial charge in [0.1, 0.15) is 0 Å². The van der Waals surface area contributed by atoms with Crippen molar-refractivity contribution < 1.29 is 4.92 Å². The lowest BCUT2D eigenvalue weighted by atomic mass is 10.1. The second kappa shape index (κ2) is 5.77. The summed E-state index contributed by atoms with van der Waals surface area (Å²) in [5.74, 6) is 0. The number of non-ortho nitro benzene ring substituents is 1. The fourth-order valence-electron chi connectivity index (χ4n) is 2.17. The average molecular weight is 314 g/mol. The molecule has 1 N–H and O–H groups in total. The number of hydrogen-bond donors (Lipinski definition) is 1. The summed E-state index contributed by atoms with van der Waals surface area (Å²) in [7, 11) is 0. The molecule has 5 nitrogen and oxygen atoms in total. The van der Waals surface area contributed by atoms with Crippen LogP contribution in [0.1, 0.15) is 12.5 Å². The molecule has 1 aromatic rings. The van der Waals surface area contributed by atoms with Crippen LogP contribution in [-0.2, 0) is 6.54 Å². The number of piperazine rings is 1. The Morgan fingerprint density at radius 1 is 1.61 bits per heavy atom. The molecule has 0 amide bonds. The summed E-state index contributed by atoms with van der Waals surface area (Å²) in [5, 5.41) is 14.1. The SMILES string of the molecule is C[C@H]1CN(Cc2ccc([N+](=O)[O-])cc2Br)CCN1. The topological polar surface area (TPSA) is 58.4 Å². The van der Waals surface area contributed by atoms with Crippen LogP contribution >= 0.6 is 15.9 Å². The minimum atomic E-state index is -0.374. The maximum absolute atomic E-state index is 10.7. The summed E-state index contributed by atoms with van der Waals surface area (Å²) in [4.78, 5) is 12.6. The van der Waals surface area contributed by atoms with E-state index < -0.39 is 0 Å². The van der Waals surface area contributed by atoms with E-state index in [1.165, 1.54) is 0 Å². The number of nitro benzene ring substituents is 1. The summed E-state index contributed by atoms with van der Waals surface area (Å²) < 4.78 is 0.808. The minimum Gasteiger partial charge on any atom is -0.312 e. The van der Waals surface area contributed by atoms with Gasteiger partial charge in [0.2, 0.25) is 0 Å². The Labute approximate surface area is 114 Å². The van der Waals surface area contributed by atoms with E-state index in [-0.39, 0.29) is 10.6 Å². The lowest BCUT2D eigenvalue weighted by Crippen LogP contribution is -2.48. The molecule has 1 aliphatic heterocycles. The predicted octanol–water partition coefficient (Wildman–Crippen LogP) is 2.15. The standard InChI is InChI=1S/C12H16BrN3O2/c1-9-7-15(5-4-14-9)8-10-2-3-11(16(17)18)6-12(10)13/h2-3,6,9,14H,4-5,7-8H2,1H3/t9-/m0/s1. The van der Waals surface area contributed by atoms with Crippen LogP contribution in [0.4, 0.5) is 5.69 Å². The highest BCUT2D eigenvalue weighted by molar-refractivity contribution is 9.10. The van der Waals surface area contributed by atoms with Gasteiger partial charge in [-0.3, -0.25) is 15.0 Å². The number of nitrogens with zero attached hydrogens (tertiary/aromatic N) is 2. The molecule has 1 atom stereocenters. The van der Waals surface area contributed by atoms with Crippen LogP contribution in [0.5, 0.6) is 0 Å². The van der Waals surface area contributed by atoms with Crippen LogP contribution in [0.15, 0.2) is 22.7 Å². The maximum Gasteiger partial charge on any atom is 0.270 e. The highest BCUT2D eigenvalue weighted by Gasteiger charge is 2.17. The van der Waals surface area contributed by atoms with Crippen molar-refractivity contribution in [2.45, 2.75) is 19.5 Å². The predicted molar refractivity (Wildman–Crippen MR) is 73.5 cm³/mol. The normalized spacial score (nSPS) is 20.9. The van der Waals surface area contributed by atoms with Gasteiger partial charge >= 0.3 is 0 Å². The Bertz CT molecular complexity index is 453. The first kappa shape index (κ1) is 13.5. The van der Waals surface area contributed by atoms with Gasteiger partial charge in [-0.1, -0.05) is 15.9 Å². The van der Waals surface area contributed by atoms with Gasteiger partial charge in [-0.05, 0) is 18.6 Å². The van der Waals surface area contributed by atoms with E-state index in [0.717, 1.165) is 36.2 Å². The van der Waals surface area contributed by atoms with Crippen molar-refractivity contribution in [2.24, 2.45) is 0 Å². The van der Waals surface area contributed by atoms with Crippen molar-refractivity contribution in [2.75, 3.05) is 19.6 Å². The highest BCUT2D eigenvalue weighted by atomic mass is 79.9. The molecule has 0 radical (unpaired) electrons. The lowest BCUT2D eigenvalue weighted by molar-refractivity contribution is -0.384. The monoisotopic (exact) mass is 313 g/mol. The van der Waals surface area contributed by atoms with Gasteiger partial charge < -0.3 is 5.32 Å². The highest BCUT2D eigenvalue weighted by Crippen LogP contribution is 2.24. The second-order valence-electron chi connectivity index (χ2n) is 4.62. The molecule has 1 fully saturated rings. The molecule has 18 heavy (non-hydrogen) atoms. The largest absolute Gasteiger partial charge is 0.312 e. The molecule has 1 heterocycles. The molecule has 0 saturated carbocycles. The number of rotatable bonds is 3. The average Bonchev–Trinajstić information content (AvgIpc) is 2.31. The van der Waals surface area contributed by atoms with E-state index in [2.05, 4.69) is 33.1 Å². The number of halogens is 1. The number of nitro groups is 1. The van der Waals surface area contributed by atoms with Crippen molar-refractivity contribution in [3.8, 4) is 0 Å². The molecule has 1 aromatic carbocycles. The molecule has 0 aromatic heterocycles. The van der Waals surface area contributed by atoms with Gasteiger partial charge in [0, 0.05) is 48.8 Å². The first-order valence-electron chi connectivity index (χ1n) is 5.95. The molecule has 1 aliphatic rings. The minimum absolute atomic E-state index is 0.124. The van der Waals surface area contributed by atoms with Crippen molar-refractivity contribution in [3.63, 3.8) is 0 Å². The molecule has 98 valence electrons. The molecule has 0 aliphatic carbocycles. The Hall–Kier alpha value is -0.980. The van der Waals surface area contributed by atoms with Crippen molar-refractivity contribution in [3.05, 3.63) is 38.3 Å². The van der Waals surface area contributed by atoms with Crippen molar-refractivity contribution in [1.82, 2.24) is 10.2 Å². The Morgan fingerprint density at radius 2 is 2.39 bits per heavy atom. The third kappa shape index (κ3) is 3.28. The molecule has 0 spiro atoms. The van der Waals surface area contributed by atoms with E-state index in [1.54, 1.807) is 12.1 Å². The fraction of sp³-hybridized carbons (Fsp3) is 0.500. The molecular weight excluding hydrogens is 298 g/mol. The molecule has 6 heteroatoms. The zero-order valence-corrected chi connectivity index (χ0v) is 11.8. The van der Waals surface area contributed by atoms with Crippen molar-refractivity contribution in [1.29, 1.82) is 0 Å². The van der Waals surface area contributed by atoms with Gasteiger partial charge in [-0.25, -0.2) is 0 Å². The lowest BCUT2D eigenvalue weighted by Gasteiger charge is -2.32. The van der Waals surface area contributed by atoms with Gasteiger partial charge in [-0.15, -0.1) is 0 Å². The number of nitrogens with one attached hydrogen (secondary N) is 1. The summed E-state index contributed by atoms with van der Waals surface area (Å²) in [6, 6.07) is 5.46. The van der Waals surface area contributed by atoms with Crippen LogP contribution in [-0.4, -0.2) is 35.5 Å². The fourth-order valence-corrected chi connectivity index (χ4v) is 2.67. The molecule has 2 rings (SSSR count). The van der Waals surface area contributed by atoms with E-state index in [9.17, 15) is 10.1 Å². The van der Waals surface area contributed by atoms with Gasteiger partial charge in [0.25, 0.3) is 5.69 Å². The summed E-state index contributed by atoms with van der Waals surface area (Å²) >= 11 is 3.41. The number of hydrogen-bond acceptors (Lipinski definition) is 4. The maximum atomic E-state index is 10.7. The second-order valence-corrected chi connectivity index (χ2v) is 5.48. The third-order valence-corrected chi connectivity index (χ3v) is 3.83. The van der Waals surface area contributed by atoms with Crippen LogP contribution in [0.2, 0.25) is 0 Å². The van der Waals surface area contributed by atoms with Gasteiger partial charge in [0.05, 0.1) is 4.92 Å². The molecule has 0 unspecified atom stereocenters. The van der Waals surface area contributed by atoms with Gasteiger partial charge in [-0.2, -0.15) is 0 Å². The van der Waals surface area contributed by atoms with Crippen LogP contribution in [0.3, 0.4) is 0 Å². The molecule has 0 bridgehead atoms. The first-order chi connectivity index (χ1) is 8.56. The smallest absolute Gasteiger partial charge is 0.270 e. The Kier molecular flexibility index (Phi) is 4.31. The summed E-state index contributed by atoms with van der Waals surface area (Å²) in [6.45, 7) is 5.99. The van der Waals surface area contributed by atoms with Crippen LogP contribution in [0.25, 0.3) is 0 Å². The van der Waals surface area contributed by atoms with E-state index in [1.807, 2.05) is 6.07 Å². The summed E-state index contributed by atoms with van der Waals surface area (Å²) in [6.07, 6.45) is 0. The molecule has 1 saturated heterocycles. The van der Waals surface area contributed by atoms with Crippen LogP contribution in [0, 0.1) is 10.1 Å². The van der Waals surface area contributed by atoms with Crippen LogP contribution < -0.4 is 5.32 Å². The van der Waals surface area contributed by atoms with E-state index >= 15 is 0 Å². The van der Waals surface area contributed by atoms with Gasteiger partial charge in [0.15, 0.2) is 0 Å². The zero-order chi connectivity index (χ0) is 13.1. The molecular formula is C12H16BrN3O2. The first-order valence-corrected chi connectivity index (χ1v) is 6.74. The Balaban J connectivity index is 2.07. The van der Waals surface area contributed by atoms with E-state index in [4.69, 9.17) is 0 Å². The zero-order valence-electron chi connectivity index (χ0n) is 10.2. The number of benzene rings is 1. The summed E-state index contributed by atoms with van der Waals surface area (Å²) in [5.41, 5.74) is 1.22.